The lowest BCUT2D eigenvalue weighted by molar-refractivity contribution is -0.138. The van der Waals surface area contributed by atoms with Crippen LogP contribution in [-0.2, 0) is 14.9 Å². The quantitative estimate of drug-likeness (QED) is 0.543. The van der Waals surface area contributed by atoms with Gasteiger partial charge in [0.2, 0.25) is 0 Å². The summed E-state index contributed by atoms with van der Waals surface area (Å²) in [6.45, 7) is 2.45. The monoisotopic (exact) mass is 407 g/mol. The van der Waals surface area contributed by atoms with Crippen molar-refractivity contribution in [2.75, 3.05) is 12.4 Å². The average Bonchev–Trinajstić information content (AvgIpc) is 2.65. The number of rotatable bonds is 9. The van der Waals surface area contributed by atoms with Gasteiger partial charge in [0.1, 0.15) is 17.5 Å². The second kappa shape index (κ2) is 9.34. The number of hydrogen-bond acceptors (Lipinski definition) is 5. The predicted molar refractivity (Wildman–Crippen MR) is 103 cm³/mol. The van der Waals surface area contributed by atoms with E-state index in [1.807, 2.05) is 6.92 Å². The molecule has 3 N–H and O–H groups in total. The van der Waals surface area contributed by atoms with Gasteiger partial charge >= 0.3 is 5.97 Å². The van der Waals surface area contributed by atoms with Crippen molar-refractivity contribution < 1.29 is 32.4 Å². The number of nitrogens with one attached hydrogen (secondary N) is 1. The molecule has 0 unspecified atom stereocenters. The molecule has 1 atom stereocenters. The summed E-state index contributed by atoms with van der Waals surface area (Å²) in [5.41, 5.74) is 1.29. The first-order valence-electron chi connectivity index (χ1n) is 8.53. The third kappa shape index (κ3) is 5.80. The molecular formula is C19H21NO7S. The first kappa shape index (κ1) is 21.4. The Morgan fingerprint density at radius 3 is 2.29 bits per heavy atom. The van der Waals surface area contributed by atoms with E-state index in [0.29, 0.717) is 23.5 Å². The smallest absolute Gasteiger partial charge is 0.327 e. The van der Waals surface area contributed by atoms with Gasteiger partial charge in [-0.15, -0.1) is 0 Å². The number of benzene rings is 2. The topological polar surface area (TPSA) is 130 Å². The second-order valence-corrected chi connectivity index (χ2v) is 7.50. The van der Waals surface area contributed by atoms with Gasteiger partial charge in [-0.3, -0.25) is 9.35 Å². The van der Waals surface area contributed by atoms with Crippen LogP contribution in [0.3, 0.4) is 0 Å². The summed E-state index contributed by atoms with van der Waals surface area (Å²) in [4.78, 5) is 23.9. The zero-order valence-electron chi connectivity index (χ0n) is 15.2. The number of para-hydroxylation sites is 1. The van der Waals surface area contributed by atoms with Crippen LogP contribution in [0, 0.1) is 0 Å². The van der Waals surface area contributed by atoms with Gasteiger partial charge in [0.25, 0.3) is 16.0 Å². The van der Waals surface area contributed by atoms with Crippen LogP contribution in [0.25, 0.3) is 11.1 Å². The van der Waals surface area contributed by atoms with Crippen molar-refractivity contribution in [3.63, 3.8) is 0 Å². The molecule has 0 saturated carbocycles. The van der Waals surface area contributed by atoms with Crippen molar-refractivity contribution in [2.45, 2.75) is 19.4 Å². The van der Waals surface area contributed by atoms with Crippen LogP contribution >= 0.6 is 0 Å². The Morgan fingerprint density at radius 2 is 1.68 bits per heavy atom. The minimum atomic E-state index is -4.59. The average molecular weight is 407 g/mol. The highest BCUT2D eigenvalue weighted by atomic mass is 32.2. The highest BCUT2D eigenvalue weighted by Gasteiger charge is 2.27. The van der Waals surface area contributed by atoms with E-state index in [-0.39, 0.29) is 5.56 Å². The SMILES string of the molecule is CCCOc1ccccc1-c1ccccc1C(=O)N[C@@H](CS(=O)(=O)O)C(=O)O. The van der Waals surface area contributed by atoms with E-state index in [1.165, 1.54) is 6.07 Å². The normalized spacial score (nSPS) is 12.2. The van der Waals surface area contributed by atoms with Gasteiger partial charge in [-0.25, -0.2) is 4.79 Å². The van der Waals surface area contributed by atoms with Gasteiger partial charge in [0.05, 0.1) is 6.61 Å². The molecule has 0 aliphatic carbocycles. The Labute approximate surface area is 162 Å². The van der Waals surface area contributed by atoms with Gasteiger partial charge in [-0.05, 0) is 24.1 Å². The molecule has 0 saturated heterocycles. The Balaban J connectivity index is 2.39. The Hall–Kier alpha value is -2.91. The number of aliphatic carboxylic acids is 1. The van der Waals surface area contributed by atoms with Gasteiger partial charge in [-0.2, -0.15) is 8.42 Å². The first-order valence-corrected chi connectivity index (χ1v) is 10.1. The molecule has 150 valence electrons. The molecule has 8 nitrogen and oxygen atoms in total. The Morgan fingerprint density at radius 1 is 1.07 bits per heavy atom. The van der Waals surface area contributed by atoms with Crippen molar-refractivity contribution in [3.8, 4) is 16.9 Å². The molecule has 28 heavy (non-hydrogen) atoms. The van der Waals surface area contributed by atoms with Crippen molar-refractivity contribution in [2.24, 2.45) is 0 Å². The molecule has 0 aliphatic heterocycles. The maximum absolute atomic E-state index is 12.7. The van der Waals surface area contributed by atoms with E-state index >= 15 is 0 Å². The summed E-state index contributed by atoms with van der Waals surface area (Å²) in [6.07, 6.45) is 0.798. The van der Waals surface area contributed by atoms with E-state index in [9.17, 15) is 18.0 Å². The minimum absolute atomic E-state index is 0.150. The molecule has 0 fully saturated rings. The zero-order chi connectivity index (χ0) is 20.7. The molecule has 0 aliphatic rings. The number of ether oxygens (including phenoxy) is 1. The summed E-state index contributed by atoms with van der Waals surface area (Å²) < 4.78 is 36.7. The van der Waals surface area contributed by atoms with Crippen molar-refractivity contribution in [3.05, 3.63) is 54.1 Å². The van der Waals surface area contributed by atoms with Gasteiger partial charge in [-0.1, -0.05) is 43.3 Å². The van der Waals surface area contributed by atoms with Crippen molar-refractivity contribution in [1.29, 1.82) is 0 Å². The number of amides is 1. The third-order valence-corrected chi connectivity index (χ3v) is 4.55. The standard InChI is InChI=1S/C19H21NO7S/c1-2-11-27-17-10-6-5-8-14(17)13-7-3-4-9-15(13)18(21)20-16(19(22)23)12-28(24,25)26/h3-10,16H,2,11-12H2,1H3,(H,20,21)(H,22,23)(H,24,25,26)/t16-/m0/s1. The maximum Gasteiger partial charge on any atom is 0.327 e. The third-order valence-electron chi connectivity index (χ3n) is 3.79. The molecule has 0 aromatic heterocycles. The van der Waals surface area contributed by atoms with E-state index in [1.54, 1.807) is 42.5 Å². The fourth-order valence-corrected chi connectivity index (χ4v) is 3.21. The molecule has 0 spiro atoms. The van der Waals surface area contributed by atoms with E-state index in [4.69, 9.17) is 14.4 Å². The minimum Gasteiger partial charge on any atom is -0.493 e. The molecule has 2 aromatic carbocycles. The van der Waals surface area contributed by atoms with Crippen LogP contribution in [0.5, 0.6) is 5.75 Å². The molecule has 0 radical (unpaired) electrons. The van der Waals surface area contributed by atoms with Crippen LogP contribution in [0.2, 0.25) is 0 Å². The molecule has 1 amide bonds. The molecule has 2 rings (SSSR count). The summed E-state index contributed by atoms with van der Waals surface area (Å²) >= 11 is 0. The summed E-state index contributed by atoms with van der Waals surface area (Å²) in [5.74, 6) is -2.92. The molecule has 2 aromatic rings. The molecule has 0 bridgehead atoms. The summed E-state index contributed by atoms with van der Waals surface area (Å²) in [6, 6.07) is 11.8. The lowest BCUT2D eigenvalue weighted by Crippen LogP contribution is -2.45. The molecule has 9 heteroatoms. The van der Waals surface area contributed by atoms with E-state index in [0.717, 1.165) is 6.42 Å². The largest absolute Gasteiger partial charge is 0.493 e. The predicted octanol–water partition coefficient (Wildman–Crippen LogP) is 2.21. The highest BCUT2D eigenvalue weighted by molar-refractivity contribution is 7.85. The fourth-order valence-electron chi connectivity index (χ4n) is 2.56. The lowest BCUT2D eigenvalue weighted by atomic mass is 9.98. The number of carboxylic acids is 1. The van der Waals surface area contributed by atoms with Crippen LogP contribution in [0.1, 0.15) is 23.7 Å². The number of carboxylic acid groups (broad SMARTS) is 1. The Kier molecular flexibility index (Phi) is 7.13. The second-order valence-electron chi connectivity index (χ2n) is 6.00. The summed E-state index contributed by atoms with van der Waals surface area (Å²) in [7, 11) is -4.59. The van der Waals surface area contributed by atoms with Crippen molar-refractivity contribution in [1.82, 2.24) is 5.32 Å². The molecular weight excluding hydrogens is 386 g/mol. The van der Waals surface area contributed by atoms with Crippen LogP contribution in [-0.4, -0.2) is 48.4 Å². The van der Waals surface area contributed by atoms with Crippen LogP contribution in [0.4, 0.5) is 0 Å². The fraction of sp³-hybridized carbons (Fsp3) is 0.263. The van der Waals surface area contributed by atoms with E-state index in [2.05, 4.69) is 5.32 Å². The number of carbonyl (C=O) groups excluding carboxylic acids is 1. The van der Waals surface area contributed by atoms with Gasteiger partial charge in [0, 0.05) is 11.1 Å². The van der Waals surface area contributed by atoms with Gasteiger partial charge in [0.15, 0.2) is 0 Å². The van der Waals surface area contributed by atoms with Crippen LogP contribution < -0.4 is 10.1 Å². The van der Waals surface area contributed by atoms with Crippen molar-refractivity contribution >= 4 is 22.0 Å². The highest BCUT2D eigenvalue weighted by Crippen LogP contribution is 2.32. The van der Waals surface area contributed by atoms with E-state index < -0.39 is 33.8 Å². The lowest BCUT2D eigenvalue weighted by Gasteiger charge is -2.17. The first-order chi connectivity index (χ1) is 13.2. The maximum atomic E-state index is 12.7. The molecule has 0 heterocycles. The summed E-state index contributed by atoms with van der Waals surface area (Å²) in [5, 5.41) is 11.3. The Bertz CT molecular complexity index is 956. The number of hydrogen-bond donors (Lipinski definition) is 3. The van der Waals surface area contributed by atoms with Crippen LogP contribution in [0.15, 0.2) is 48.5 Å². The zero-order valence-corrected chi connectivity index (χ0v) is 16.0. The van der Waals surface area contributed by atoms with Gasteiger partial charge < -0.3 is 15.2 Å². The number of carbonyl (C=O) groups is 2.